The summed E-state index contributed by atoms with van der Waals surface area (Å²) in [5, 5.41) is 4.36. The maximum absolute atomic E-state index is 6.15. The van der Waals surface area contributed by atoms with E-state index >= 15 is 0 Å². The van der Waals surface area contributed by atoms with Crippen LogP contribution in [0.4, 0.5) is 0 Å². The number of nitrogens with zero attached hydrogens (tertiary/aromatic N) is 2. The van der Waals surface area contributed by atoms with Crippen molar-refractivity contribution in [3.63, 3.8) is 0 Å². The number of rotatable bonds is 5. The summed E-state index contributed by atoms with van der Waals surface area (Å²) in [5.41, 5.74) is 1.18. The molecule has 1 aromatic carbocycles. The number of benzene rings is 1. The SMILES string of the molecule is CC(CNCc1ccccc1Cl)N1CCN(C)CC1. The summed E-state index contributed by atoms with van der Waals surface area (Å²) in [4.78, 5) is 4.94. The van der Waals surface area contributed by atoms with Crippen LogP contribution in [0.3, 0.4) is 0 Å². The molecule has 0 aliphatic carbocycles. The minimum Gasteiger partial charge on any atom is -0.311 e. The second-order valence-electron chi connectivity index (χ2n) is 5.41. The summed E-state index contributed by atoms with van der Waals surface area (Å²) in [5.74, 6) is 0. The van der Waals surface area contributed by atoms with Crippen molar-refractivity contribution in [2.45, 2.75) is 19.5 Å². The molecule has 0 bridgehead atoms. The average molecular weight is 282 g/mol. The quantitative estimate of drug-likeness (QED) is 0.891. The Morgan fingerprint density at radius 3 is 2.58 bits per heavy atom. The Morgan fingerprint density at radius 2 is 1.89 bits per heavy atom. The molecule has 0 spiro atoms. The van der Waals surface area contributed by atoms with Crippen molar-refractivity contribution in [2.75, 3.05) is 39.8 Å². The standard InChI is InChI=1S/C15H24ClN3/c1-13(19-9-7-18(2)8-10-19)11-17-12-14-5-3-4-6-15(14)16/h3-6,13,17H,7-12H2,1-2H3. The predicted molar refractivity (Wildman–Crippen MR) is 81.7 cm³/mol. The van der Waals surface area contributed by atoms with Gasteiger partial charge in [0.15, 0.2) is 0 Å². The van der Waals surface area contributed by atoms with Gasteiger partial charge in [0, 0.05) is 50.3 Å². The molecule has 1 saturated heterocycles. The van der Waals surface area contributed by atoms with Gasteiger partial charge in [-0.3, -0.25) is 4.90 Å². The number of hydrogen-bond donors (Lipinski definition) is 1. The van der Waals surface area contributed by atoms with Crippen LogP contribution in [0.1, 0.15) is 12.5 Å². The average Bonchev–Trinajstić information content (AvgIpc) is 2.41. The maximum Gasteiger partial charge on any atom is 0.0450 e. The molecule has 1 fully saturated rings. The second kappa shape index (κ2) is 7.25. The van der Waals surface area contributed by atoms with E-state index in [1.165, 1.54) is 31.7 Å². The van der Waals surface area contributed by atoms with Crippen molar-refractivity contribution in [1.29, 1.82) is 0 Å². The summed E-state index contributed by atoms with van der Waals surface area (Å²) < 4.78 is 0. The van der Waals surface area contributed by atoms with E-state index < -0.39 is 0 Å². The molecule has 2 rings (SSSR count). The fraction of sp³-hybridized carbons (Fsp3) is 0.600. The summed E-state index contributed by atoms with van der Waals surface area (Å²) in [6.45, 7) is 8.85. The summed E-state index contributed by atoms with van der Waals surface area (Å²) in [7, 11) is 2.19. The van der Waals surface area contributed by atoms with Crippen LogP contribution in [-0.2, 0) is 6.54 Å². The Labute approximate surface area is 121 Å². The predicted octanol–water partition coefficient (Wildman–Crippen LogP) is 2.07. The van der Waals surface area contributed by atoms with E-state index in [0.717, 1.165) is 18.1 Å². The van der Waals surface area contributed by atoms with Gasteiger partial charge in [-0.1, -0.05) is 29.8 Å². The van der Waals surface area contributed by atoms with Gasteiger partial charge in [0.05, 0.1) is 0 Å². The highest BCUT2D eigenvalue weighted by Crippen LogP contribution is 2.14. The second-order valence-corrected chi connectivity index (χ2v) is 5.82. The first kappa shape index (κ1) is 14.8. The van der Waals surface area contributed by atoms with Gasteiger partial charge in [0.1, 0.15) is 0 Å². The molecule has 1 N–H and O–H groups in total. The van der Waals surface area contributed by atoms with E-state index in [4.69, 9.17) is 11.6 Å². The molecular weight excluding hydrogens is 258 g/mol. The van der Waals surface area contributed by atoms with Crippen LogP contribution in [0.15, 0.2) is 24.3 Å². The highest BCUT2D eigenvalue weighted by molar-refractivity contribution is 6.31. The van der Waals surface area contributed by atoms with Crippen molar-refractivity contribution in [2.24, 2.45) is 0 Å². The van der Waals surface area contributed by atoms with E-state index in [-0.39, 0.29) is 0 Å². The molecule has 1 unspecified atom stereocenters. The number of nitrogens with one attached hydrogen (secondary N) is 1. The van der Waals surface area contributed by atoms with Crippen LogP contribution < -0.4 is 5.32 Å². The van der Waals surface area contributed by atoms with E-state index in [1.54, 1.807) is 0 Å². The largest absolute Gasteiger partial charge is 0.311 e. The Balaban J connectivity index is 1.72. The topological polar surface area (TPSA) is 18.5 Å². The first-order chi connectivity index (χ1) is 9.16. The molecule has 19 heavy (non-hydrogen) atoms. The molecule has 0 radical (unpaired) electrons. The molecular formula is C15H24ClN3. The molecule has 0 amide bonds. The van der Waals surface area contributed by atoms with Gasteiger partial charge in [-0.25, -0.2) is 0 Å². The summed E-state index contributed by atoms with van der Waals surface area (Å²) in [6.07, 6.45) is 0. The van der Waals surface area contributed by atoms with Crippen LogP contribution in [-0.4, -0.2) is 55.6 Å². The number of likely N-dealkylation sites (N-methyl/N-ethyl adjacent to an activating group) is 1. The van der Waals surface area contributed by atoms with Crippen molar-refractivity contribution in [3.05, 3.63) is 34.9 Å². The minimum atomic E-state index is 0.580. The Bertz CT molecular complexity index is 389. The lowest BCUT2D eigenvalue weighted by atomic mass is 10.2. The van der Waals surface area contributed by atoms with Crippen molar-refractivity contribution >= 4 is 11.6 Å². The smallest absolute Gasteiger partial charge is 0.0450 e. The fourth-order valence-electron chi connectivity index (χ4n) is 2.45. The molecule has 1 atom stereocenters. The van der Waals surface area contributed by atoms with E-state index in [9.17, 15) is 0 Å². The lowest BCUT2D eigenvalue weighted by molar-refractivity contribution is 0.118. The van der Waals surface area contributed by atoms with Gasteiger partial charge in [0.2, 0.25) is 0 Å². The molecule has 3 nitrogen and oxygen atoms in total. The fourth-order valence-corrected chi connectivity index (χ4v) is 2.65. The van der Waals surface area contributed by atoms with Crippen LogP contribution in [0.2, 0.25) is 5.02 Å². The van der Waals surface area contributed by atoms with Crippen LogP contribution in [0.25, 0.3) is 0 Å². The van der Waals surface area contributed by atoms with Crippen LogP contribution >= 0.6 is 11.6 Å². The van der Waals surface area contributed by atoms with Crippen molar-refractivity contribution in [1.82, 2.24) is 15.1 Å². The molecule has 0 saturated carbocycles. The first-order valence-electron chi connectivity index (χ1n) is 7.03. The zero-order chi connectivity index (χ0) is 13.7. The van der Waals surface area contributed by atoms with E-state index in [1.807, 2.05) is 18.2 Å². The number of piperazine rings is 1. The monoisotopic (exact) mass is 281 g/mol. The van der Waals surface area contributed by atoms with Gasteiger partial charge in [-0.15, -0.1) is 0 Å². The molecule has 4 heteroatoms. The molecule has 1 aliphatic heterocycles. The van der Waals surface area contributed by atoms with Crippen molar-refractivity contribution < 1.29 is 0 Å². The van der Waals surface area contributed by atoms with Gasteiger partial charge >= 0.3 is 0 Å². The van der Waals surface area contributed by atoms with Gasteiger partial charge in [-0.05, 0) is 25.6 Å². The Morgan fingerprint density at radius 1 is 1.21 bits per heavy atom. The molecule has 1 heterocycles. The molecule has 0 aromatic heterocycles. The summed E-state index contributed by atoms with van der Waals surface area (Å²) >= 11 is 6.15. The van der Waals surface area contributed by atoms with Crippen LogP contribution in [0, 0.1) is 0 Å². The normalized spacial score (nSPS) is 19.5. The Kier molecular flexibility index (Phi) is 5.64. The maximum atomic E-state index is 6.15. The zero-order valence-electron chi connectivity index (χ0n) is 11.9. The van der Waals surface area contributed by atoms with Crippen molar-refractivity contribution in [3.8, 4) is 0 Å². The molecule has 106 valence electrons. The van der Waals surface area contributed by atoms with Gasteiger partial charge in [-0.2, -0.15) is 0 Å². The summed E-state index contributed by atoms with van der Waals surface area (Å²) in [6, 6.07) is 8.61. The van der Waals surface area contributed by atoms with Gasteiger partial charge < -0.3 is 10.2 Å². The third-order valence-electron chi connectivity index (χ3n) is 3.87. The highest BCUT2D eigenvalue weighted by Gasteiger charge is 2.18. The third-order valence-corrected chi connectivity index (χ3v) is 4.24. The zero-order valence-corrected chi connectivity index (χ0v) is 12.7. The number of hydrogen-bond acceptors (Lipinski definition) is 3. The third kappa shape index (κ3) is 4.46. The Hall–Kier alpha value is -0.610. The first-order valence-corrected chi connectivity index (χ1v) is 7.41. The highest BCUT2D eigenvalue weighted by atomic mass is 35.5. The van der Waals surface area contributed by atoms with Crippen LogP contribution in [0.5, 0.6) is 0 Å². The lowest BCUT2D eigenvalue weighted by Crippen LogP contribution is -2.50. The lowest BCUT2D eigenvalue weighted by Gasteiger charge is -2.36. The minimum absolute atomic E-state index is 0.580. The van der Waals surface area contributed by atoms with E-state index in [0.29, 0.717) is 6.04 Å². The molecule has 1 aromatic rings. The van der Waals surface area contributed by atoms with E-state index in [2.05, 4.69) is 35.2 Å². The van der Waals surface area contributed by atoms with Gasteiger partial charge in [0.25, 0.3) is 0 Å². The molecule has 1 aliphatic rings. The number of halogens is 1.